The first kappa shape index (κ1) is 18.1. The summed E-state index contributed by atoms with van der Waals surface area (Å²) < 4.78 is 0. The van der Waals surface area contributed by atoms with Crippen LogP contribution in [0.4, 0.5) is 17.8 Å². The summed E-state index contributed by atoms with van der Waals surface area (Å²) in [5.74, 6) is 1.99. The molecule has 3 rings (SSSR count). The maximum atomic E-state index is 10.9. The molecule has 134 valence electrons. The number of rotatable bonds is 3. The van der Waals surface area contributed by atoms with Crippen LogP contribution in [0, 0.1) is 0 Å². The van der Waals surface area contributed by atoms with E-state index >= 15 is 0 Å². The zero-order chi connectivity index (χ0) is 18.6. The van der Waals surface area contributed by atoms with Crippen LogP contribution < -0.4 is 20.3 Å². The lowest BCUT2D eigenvalue weighted by Crippen LogP contribution is -2.22. The van der Waals surface area contributed by atoms with Gasteiger partial charge in [0, 0.05) is 42.3 Å². The molecule has 0 atom stereocenters. The van der Waals surface area contributed by atoms with Crippen molar-refractivity contribution in [3.63, 3.8) is 0 Å². The molecule has 3 aromatic heterocycles. The Kier molecular flexibility index (Phi) is 5.47. The molecule has 0 aromatic carbocycles. The number of aromatic amines is 2. The third kappa shape index (κ3) is 4.40. The zero-order valence-electron chi connectivity index (χ0n) is 15.1. The van der Waals surface area contributed by atoms with Gasteiger partial charge in [0.25, 0.3) is 5.56 Å². The van der Waals surface area contributed by atoms with E-state index in [2.05, 4.69) is 35.1 Å². The fourth-order valence-electron chi connectivity index (χ4n) is 1.72. The first-order valence-corrected chi connectivity index (χ1v) is 7.44. The van der Waals surface area contributed by atoms with Crippen LogP contribution >= 0.6 is 0 Å². The molecule has 0 spiro atoms. The highest BCUT2D eigenvalue weighted by Crippen LogP contribution is 2.14. The molecular formula is C14H22N10O. The predicted molar refractivity (Wildman–Crippen MR) is 97.3 cm³/mol. The Morgan fingerprint density at radius 2 is 1.32 bits per heavy atom. The summed E-state index contributed by atoms with van der Waals surface area (Å²) in [6.07, 6.45) is 2.78. The minimum Gasteiger partial charge on any atom is -0.347 e. The smallest absolute Gasteiger partial charge is 0.261 e. The van der Waals surface area contributed by atoms with E-state index in [1.165, 1.54) is 12.5 Å². The summed E-state index contributed by atoms with van der Waals surface area (Å²) in [5.41, 5.74) is 0.350. The van der Waals surface area contributed by atoms with Gasteiger partial charge in [-0.05, 0) is 0 Å². The second-order valence-corrected chi connectivity index (χ2v) is 5.78. The highest BCUT2D eigenvalue weighted by molar-refractivity contribution is 5.71. The van der Waals surface area contributed by atoms with Crippen molar-refractivity contribution in [2.45, 2.75) is 0 Å². The molecule has 11 nitrogen and oxygen atoms in total. The van der Waals surface area contributed by atoms with Crippen molar-refractivity contribution in [3.05, 3.63) is 22.9 Å². The minimum atomic E-state index is -0.168. The Hall–Kier alpha value is -3.24. The number of H-pyrrole nitrogens is 2. The van der Waals surface area contributed by atoms with Crippen molar-refractivity contribution < 1.29 is 0 Å². The lowest BCUT2D eigenvalue weighted by molar-refractivity contribution is 0.886. The van der Waals surface area contributed by atoms with Crippen LogP contribution in [0.3, 0.4) is 0 Å². The molecule has 11 heteroatoms. The molecule has 0 aliphatic heterocycles. The Bertz CT molecular complexity index is 818. The van der Waals surface area contributed by atoms with E-state index in [0.717, 1.165) is 0 Å². The van der Waals surface area contributed by atoms with Crippen LogP contribution in [0.2, 0.25) is 0 Å². The first-order chi connectivity index (χ1) is 11.8. The van der Waals surface area contributed by atoms with E-state index < -0.39 is 0 Å². The molecule has 3 heterocycles. The molecule has 0 saturated heterocycles. The minimum absolute atomic E-state index is 0.168. The molecule has 2 N–H and O–H groups in total. The van der Waals surface area contributed by atoms with E-state index in [4.69, 9.17) is 0 Å². The zero-order valence-corrected chi connectivity index (χ0v) is 15.1. The third-order valence-electron chi connectivity index (χ3n) is 3.05. The monoisotopic (exact) mass is 346 g/mol. The van der Waals surface area contributed by atoms with E-state index in [1.54, 1.807) is 0 Å². The number of fused-ring (bicyclic) bond motifs is 1. The van der Waals surface area contributed by atoms with E-state index in [0.29, 0.717) is 28.9 Å². The van der Waals surface area contributed by atoms with Crippen LogP contribution in [0.15, 0.2) is 17.3 Å². The van der Waals surface area contributed by atoms with Crippen molar-refractivity contribution >= 4 is 28.9 Å². The topological polar surface area (TPSA) is 123 Å². The Morgan fingerprint density at radius 1 is 0.840 bits per heavy atom. The summed E-state index contributed by atoms with van der Waals surface area (Å²) in [6.45, 7) is 0. The predicted octanol–water partition coefficient (Wildman–Crippen LogP) is -0.284. The van der Waals surface area contributed by atoms with E-state index in [1.807, 2.05) is 57.0 Å². The lowest BCUT2D eigenvalue weighted by atomic mass is 10.4. The third-order valence-corrected chi connectivity index (χ3v) is 3.05. The van der Waals surface area contributed by atoms with Gasteiger partial charge in [0.15, 0.2) is 5.65 Å². The van der Waals surface area contributed by atoms with Gasteiger partial charge in [0.2, 0.25) is 17.8 Å². The van der Waals surface area contributed by atoms with E-state index in [-0.39, 0.29) is 5.56 Å². The standard InChI is InChI=1S/C9H18N6.C5H4N4O/c1-13(2)7-10-8(14(3)4)12-9(11-7)15(5)6;10-5-3-1-8-9-4(3)6-2-7-5/h1-6H3;1-2H,(H2,6,7,8,9,10). The summed E-state index contributed by atoms with van der Waals surface area (Å²) >= 11 is 0. The summed E-state index contributed by atoms with van der Waals surface area (Å²) in [5, 5.41) is 6.72. The van der Waals surface area contributed by atoms with E-state index in [9.17, 15) is 4.79 Å². The lowest BCUT2D eigenvalue weighted by Gasteiger charge is -2.18. The highest BCUT2D eigenvalue weighted by Gasteiger charge is 2.10. The average Bonchev–Trinajstić information content (AvgIpc) is 3.05. The van der Waals surface area contributed by atoms with Crippen LogP contribution in [0.25, 0.3) is 11.0 Å². The molecule has 25 heavy (non-hydrogen) atoms. The Balaban J connectivity index is 0.000000194. The summed E-state index contributed by atoms with van der Waals surface area (Å²) in [4.78, 5) is 35.7. The second kappa shape index (κ2) is 7.55. The van der Waals surface area contributed by atoms with Crippen LogP contribution in [0.5, 0.6) is 0 Å². The van der Waals surface area contributed by atoms with Gasteiger partial charge in [0.05, 0.1) is 12.5 Å². The van der Waals surface area contributed by atoms with Crippen molar-refractivity contribution in [1.29, 1.82) is 0 Å². The molecule has 0 fully saturated rings. The molecule has 0 saturated carbocycles. The molecule has 0 radical (unpaired) electrons. The molecule has 3 aromatic rings. The normalized spacial score (nSPS) is 10.2. The van der Waals surface area contributed by atoms with Gasteiger partial charge in [-0.25, -0.2) is 4.98 Å². The quantitative estimate of drug-likeness (QED) is 0.659. The number of aromatic nitrogens is 7. The Morgan fingerprint density at radius 3 is 1.72 bits per heavy atom. The molecule has 0 amide bonds. The fraction of sp³-hybridized carbons (Fsp3) is 0.429. The van der Waals surface area contributed by atoms with Gasteiger partial charge in [-0.2, -0.15) is 20.1 Å². The van der Waals surface area contributed by atoms with Crippen molar-refractivity contribution in [2.75, 3.05) is 57.0 Å². The molecule has 0 aliphatic carbocycles. The van der Waals surface area contributed by atoms with Gasteiger partial charge < -0.3 is 19.7 Å². The fourth-order valence-corrected chi connectivity index (χ4v) is 1.72. The number of anilines is 3. The van der Waals surface area contributed by atoms with Crippen LogP contribution in [-0.2, 0) is 0 Å². The van der Waals surface area contributed by atoms with Crippen molar-refractivity contribution in [2.24, 2.45) is 0 Å². The van der Waals surface area contributed by atoms with Crippen molar-refractivity contribution in [1.82, 2.24) is 35.1 Å². The largest absolute Gasteiger partial charge is 0.347 e. The van der Waals surface area contributed by atoms with Gasteiger partial charge in [-0.1, -0.05) is 0 Å². The summed E-state index contributed by atoms with van der Waals surface area (Å²) in [7, 11) is 11.5. The van der Waals surface area contributed by atoms with Gasteiger partial charge in [0.1, 0.15) is 5.39 Å². The molecule has 0 aliphatic rings. The maximum absolute atomic E-state index is 10.9. The molecule has 0 bridgehead atoms. The maximum Gasteiger partial charge on any atom is 0.261 e. The highest BCUT2D eigenvalue weighted by atomic mass is 16.1. The van der Waals surface area contributed by atoms with Crippen LogP contribution in [0.1, 0.15) is 0 Å². The SMILES string of the molecule is CN(C)c1nc(N(C)C)nc(N(C)C)n1.O=c1[nH]cnc2[nH]ncc12. The van der Waals surface area contributed by atoms with Gasteiger partial charge in [-0.3, -0.25) is 9.89 Å². The second-order valence-electron chi connectivity index (χ2n) is 5.78. The molecular weight excluding hydrogens is 324 g/mol. The number of nitrogens with zero attached hydrogens (tertiary/aromatic N) is 8. The van der Waals surface area contributed by atoms with Crippen LogP contribution in [-0.4, -0.2) is 77.4 Å². The van der Waals surface area contributed by atoms with Crippen molar-refractivity contribution in [3.8, 4) is 0 Å². The Labute approximate surface area is 144 Å². The molecule has 0 unspecified atom stereocenters. The number of nitrogens with one attached hydrogen (secondary N) is 2. The summed E-state index contributed by atoms with van der Waals surface area (Å²) in [6, 6.07) is 0. The van der Waals surface area contributed by atoms with Gasteiger partial charge >= 0.3 is 0 Å². The number of hydrogen-bond donors (Lipinski definition) is 2. The number of hydrogen-bond acceptors (Lipinski definition) is 9. The van der Waals surface area contributed by atoms with Gasteiger partial charge in [-0.15, -0.1) is 0 Å². The first-order valence-electron chi connectivity index (χ1n) is 7.44. The average molecular weight is 346 g/mol.